The molecule has 0 aliphatic carbocycles. The van der Waals surface area contributed by atoms with E-state index in [0.717, 1.165) is 25.2 Å². The first kappa shape index (κ1) is 15.6. The van der Waals surface area contributed by atoms with Gasteiger partial charge in [0.05, 0.1) is 11.9 Å². The van der Waals surface area contributed by atoms with Crippen molar-refractivity contribution >= 4 is 0 Å². The number of hydrogen-bond acceptors (Lipinski definition) is 3. The molecule has 0 saturated carbocycles. The number of rotatable bonds is 6. The minimum Gasteiger partial charge on any atom is -0.323 e. The van der Waals surface area contributed by atoms with Crippen LogP contribution < -0.4 is 5.73 Å². The molecule has 0 bridgehead atoms. The number of nitrogens with zero attached hydrogens (tertiary/aromatic N) is 2. The second kappa shape index (κ2) is 7.29. The van der Waals surface area contributed by atoms with Gasteiger partial charge < -0.3 is 10.6 Å². The third-order valence-corrected chi connectivity index (χ3v) is 3.53. The van der Waals surface area contributed by atoms with Crippen LogP contribution in [0.4, 0.5) is 4.39 Å². The van der Waals surface area contributed by atoms with E-state index in [4.69, 9.17) is 5.73 Å². The molecular formula is C17H22FN3. The van der Waals surface area contributed by atoms with Crippen molar-refractivity contribution < 1.29 is 4.39 Å². The van der Waals surface area contributed by atoms with Crippen LogP contribution in [0.25, 0.3) is 0 Å². The molecule has 2 aromatic rings. The molecule has 0 saturated heterocycles. The number of aryl methyl sites for hydroxylation is 1. The monoisotopic (exact) mass is 287 g/mol. The number of aromatic nitrogens is 1. The second-order valence-electron chi connectivity index (χ2n) is 5.52. The Kier molecular flexibility index (Phi) is 5.42. The van der Waals surface area contributed by atoms with Crippen molar-refractivity contribution in [2.24, 2.45) is 5.73 Å². The maximum atomic E-state index is 12.8. The molecule has 3 nitrogen and oxygen atoms in total. The maximum Gasteiger partial charge on any atom is 0.141 e. The van der Waals surface area contributed by atoms with Crippen molar-refractivity contribution in [1.82, 2.24) is 9.88 Å². The highest BCUT2D eigenvalue weighted by Gasteiger charge is 2.09. The number of nitrogens with two attached hydrogens (primary N) is 1. The normalized spacial score (nSPS) is 12.6. The van der Waals surface area contributed by atoms with Gasteiger partial charge in [-0.3, -0.25) is 4.98 Å². The van der Waals surface area contributed by atoms with Gasteiger partial charge in [-0.15, -0.1) is 0 Å². The predicted molar refractivity (Wildman–Crippen MR) is 83.3 cm³/mol. The molecular weight excluding hydrogens is 265 g/mol. The maximum absolute atomic E-state index is 12.8. The summed E-state index contributed by atoms with van der Waals surface area (Å²) in [7, 11) is 2.07. The Hall–Kier alpha value is -1.78. The van der Waals surface area contributed by atoms with Gasteiger partial charge in [0, 0.05) is 19.1 Å². The fraction of sp³-hybridized carbons (Fsp3) is 0.353. The van der Waals surface area contributed by atoms with E-state index < -0.39 is 0 Å². The number of halogens is 1. The van der Waals surface area contributed by atoms with E-state index in [1.165, 1.54) is 23.4 Å². The molecule has 2 rings (SSSR count). The lowest BCUT2D eigenvalue weighted by atomic mass is 10.1. The van der Waals surface area contributed by atoms with Crippen LogP contribution >= 0.6 is 0 Å². The van der Waals surface area contributed by atoms with Gasteiger partial charge in [-0.2, -0.15) is 0 Å². The van der Waals surface area contributed by atoms with Crippen molar-refractivity contribution in [3.8, 4) is 0 Å². The molecule has 0 radical (unpaired) electrons. The Labute approximate surface area is 125 Å². The Bertz CT molecular complexity index is 551. The molecule has 1 atom stereocenters. The van der Waals surface area contributed by atoms with Crippen LogP contribution in [0.3, 0.4) is 0 Å². The minimum absolute atomic E-state index is 0.161. The van der Waals surface area contributed by atoms with Gasteiger partial charge >= 0.3 is 0 Å². The molecule has 1 aromatic heterocycles. The van der Waals surface area contributed by atoms with Crippen LogP contribution in [0.2, 0.25) is 0 Å². The molecule has 0 amide bonds. The van der Waals surface area contributed by atoms with Gasteiger partial charge in [-0.25, -0.2) is 4.39 Å². The van der Waals surface area contributed by atoms with E-state index in [9.17, 15) is 4.39 Å². The highest BCUT2D eigenvalue weighted by Crippen LogP contribution is 2.13. The average Bonchev–Trinajstić information content (AvgIpc) is 2.48. The summed E-state index contributed by atoms with van der Waals surface area (Å²) in [6.45, 7) is 3.85. The topological polar surface area (TPSA) is 42.1 Å². The van der Waals surface area contributed by atoms with E-state index in [2.05, 4.69) is 48.1 Å². The smallest absolute Gasteiger partial charge is 0.141 e. The molecule has 0 aliphatic heterocycles. The molecule has 4 heteroatoms. The van der Waals surface area contributed by atoms with Gasteiger partial charge in [0.25, 0.3) is 0 Å². The van der Waals surface area contributed by atoms with Gasteiger partial charge in [0.2, 0.25) is 0 Å². The number of hydrogen-bond donors (Lipinski definition) is 1. The molecule has 2 N–H and O–H groups in total. The van der Waals surface area contributed by atoms with E-state index in [-0.39, 0.29) is 11.9 Å². The zero-order chi connectivity index (χ0) is 15.2. The third kappa shape index (κ3) is 4.92. The van der Waals surface area contributed by atoms with Gasteiger partial charge in [0.15, 0.2) is 0 Å². The van der Waals surface area contributed by atoms with E-state index in [1.54, 1.807) is 6.07 Å². The minimum atomic E-state index is -0.331. The fourth-order valence-corrected chi connectivity index (χ4v) is 2.20. The predicted octanol–water partition coefficient (Wildman–Crippen LogP) is 3.05. The van der Waals surface area contributed by atoms with Crippen LogP contribution in [-0.2, 0) is 6.54 Å². The molecule has 1 heterocycles. The van der Waals surface area contributed by atoms with E-state index >= 15 is 0 Å². The molecule has 112 valence electrons. The van der Waals surface area contributed by atoms with Crippen molar-refractivity contribution in [3.63, 3.8) is 0 Å². The second-order valence-corrected chi connectivity index (χ2v) is 5.52. The van der Waals surface area contributed by atoms with Crippen molar-refractivity contribution in [3.05, 3.63) is 65.2 Å². The molecule has 0 fully saturated rings. The lowest BCUT2D eigenvalue weighted by Gasteiger charge is -2.19. The Morgan fingerprint density at radius 2 is 1.90 bits per heavy atom. The zero-order valence-corrected chi connectivity index (χ0v) is 12.6. The van der Waals surface area contributed by atoms with Gasteiger partial charge in [0.1, 0.15) is 5.82 Å². The summed E-state index contributed by atoms with van der Waals surface area (Å²) >= 11 is 0. The largest absolute Gasteiger partial charge is 0.323 e. The summed E-state index contributed by atoms with van der Waals surface area (Å²) in [6.07, 6.45) is 2.01. The zero-order valence-electron chi connectivity index (χ0n) is 12.6. The first-order valence-electron chi connectivity index (χ1n) is 7.15. The third-order valence-electron chi connectivity index (χ3n) is 3.53. The Morgan fingerprint density at radius 1 is 1.19 bits per heavy atom. The summed E-state index contributed by atoms with van der Waals surface area (Å²) in [4.78, 5) is 6.26. The highest BCUT2D eigenvalue weighted by atomic mass is 19.1. The molecule has 1 unspecified atom stereocenters. The molecule has 0 aliphatic rings. The molecule has 21 heavy (non-hydrogen) atoms. The van der Waals surface area contributed by atoms with Crippen LogP contribution in [0.15, 0.2) is 42.6 Å². The summed E-state index contributed by atoms with van der Waals surface area (Å²) in [6, 6.07) is 11.4. The summed E-state index contributed by atoms with van der Waals surface area (Å²) in [5.74, 6) is -0.331. The lowest BCUT2D eigenvalue weighted by molar-refractivity contribution is 0.310. The van der Waals surface area contributed by atoms with Gasteiger partial charge in [-0.05, 0) is 38.1 Å². The summed E-state index contributed by atoms with van der Waals surface area (Å²) < 4.78 is 12.8. The van der Waals surface area contributed by atoms with Crippen LogP contribution in [0.5, 0.6) is 0 Å². The first-order chi connectivity index (χ1) is 10.0. The average molecular weight is 287 g/mol. The van der Waals surface area contributed by atoms with Crippen molar-refractivity contribution in [1.29, 1.82) is 0 Å². The van der Waals surface area contributed by atoms with E-state index in [1.807, 2.05) is 0 Å². The fourth-order valence-electron chi connectivity index (χ4n) is 2.20. The Balaban J connectivity index is 1.81. The lowest BCUT2D eigenvalue weighted by Crippen LogP contribution is -2.23. The van der Waals surface area contributed by atoms with Crippen LogP contribution in [0.1, 0.15) is 29.3 Å². The summed E-state index contributed by atoms with van der Waals surface area (Å²) in [5.41, 5.74) is 9.39. The van der Waals surface area contributed by atoms with E-state index in [0.29, 0.717) is 0 Å². The standard InChI is InChI=1S/C17H22FN3/c1-13-3-5-14(6-4-13)12-21(2)10-9-16(19)17-8-7-15(18)11-20-17/h3-8,11,16H,9-10,12,19H2,1-2H3. The molecule has 0 spiro atoms. The number of benzene rings is 1. The number of pyridine rings is 1. The molecule has 1 aromatic carbocycles. The van der Waals surface area contributed by atoms with Crippen molar-refractivity contribution in [2.45, 2.75) is 25.9 Å². The van der Waals surface area contributed by atoms with Crippen LogP contribution in [-0.4, -0.2) is 23.5 Å². The first-order valence-corrected chi connectivity index (χ1v) is 7.15. The highest BCUT2D eigenvalue weighted by molar-refractivity contribution is 5.21. The van der Waals surface area contributed by atoms with Crippen LogP contribution in [0, 0.1) is 12.7 Å². The quantitative estimate of drug-likeness (QED) is 0.888. The Morgan fingerprint density at radius 3 is 2.52 bits per heavy atom. The van der Waals surface area contributed by atoms with Crippen molar-refractivity contribution in [2.75, 3.05) is 13.6 Å². The summed E-state index contributed by atoms with van der Waals surface area (Å²) in [5, 5.41) is 0. The van der Waals surface area contributed by atoms with Gasteiger partial charge in [-0.1, -0.05) is 29.8 Å². The SMILES string of the molecule is Cc1ccc(CN(C)CCC(N)c2ccc(F)cn2)cc1.